The minimum absolute atomic E-state index is 0.0132. The highest BCUT2D eigenvalue weighted by Crippen LogP contribution is 2.35. The maximum absolute atomic E-state index is 13.4. The number of carbonyl (C=O) groups is 2. The van der Waals surface area contributed by atoms with E-state index < -0.39 is 0 Å². The van der Waals surface area contributed by atoms with E-state index in [-0.39, 0.29) is 30.3 Å². The van der Waals surface area contributed by atoms with Gasteiger partial charge >= 0.3 is 0 Å². The summed E-state index contributed by atoms with van der Waals surface area (Å²) in [6, 6.07) is 17.8. The second-order valence-corrected chi connectivity index (χ2v) is 8.65. The van der Waals surface area contributed by atoms with Gasteiger partial charge in [0.25, 0.3) is 5.91 Å². The van der Waals surface area contributed by atoms with Gasteiger partial charge in [0.15, 0.2) is 0 Å². The number of para-hydroxylation sites is 1. The molecule has 2 amide bonds. The molecule has 1 N–H and O–H groups in total. The zero-order chi connectivity index (χ0) is 22.6. The third-order valence-electron chi connectivity index (χ3n) is 6.56. The van der Waals surface area contributed by atoms with Crippen molar-refractivity contribution in [3.05, 3.63) is 90.0 Å². The van der Waals surface area contributed by atoms with Gasteiger partial charge in [0.2, 0.25) is 5.91 Å². The van der Waals surface area contributed by atoms with E-state index in [1.165, 1.54) is 0 Å². The van der Waals surface area contributed by atoms with Gasteiger partial charge in [0.1, 0.15) is 0 Å². The van der Waals surface area contributed by atoms with Crippen LogP contribution < -0.4 is 10.2 Å². The van der Waals surface area contributed by atoms with Crippen LogP contribution in [-0.4, -0.2) is 51.9 Å². The van der Waals surface area contributed by atoms with E-state index in [2.05, 4.69) is 26.3 Å². The monoisotopic (exact) mass is 441 g/mol. The van der Waals surface area contributed by atoms with E-state index in [1.807, 2.05) is 47.4 Å². The van der Waals surface area contributed by atoms with Crippen LogP contribution in [0, 0.1) is 0 Å². The minimum atomic E-state index is -0.0236. The normalized spacial score (nSPS) is 19.9. The first-order valence-electron chi connectivity index (χ1n) is 11.4. The molecule has 0 aliphatic carbocycles. The number of benzene rings is 1. The molecular weight excluding hydrogens is 414 g/mol. The van der Waals surface area contributed by atoms with Crippen LogP contribution in [0.3, 0.4) is 0 Å². The average molecular weight is 442 g/mol. The molecule has 33 heavy (non-hydrogen) atoms. The molecule has 7 nitrogen and oxygen atoms in total. The highest BCUT2D eigenvalue weighted by atomic mass is 16.2. The fraction of sp³-hybridized carbons (Fsp3) is 0.308. The predicted octanol–water partition coefficient (Wildman–Crippen LogP) is 2.83. The van der Waals surface area contributed by atoms with Gasteiger partial charge in [-0.3, -0.25) is 24.5 Å². The lowest BCUT2D eigenvalue weighted by atomic mass is 10.1. The van der Waals surface area contributed by atoms with E-state index in [1.54, 1.807) is 24.7 Å². The first kappa shape index (κ1) is 21.3. The van der Waals surface area contributed by atoms with Gasteiger partial charge in [-0.1, -0.05) is 24.3 Å². The summed E-state index contributed by atoms with van der Waals surface area (Å²) in [7, 11) is 0. The first-order chi connectivity index (χ1) is 16.2. The van der Waals surface area contributed by atoms with Crippen LogP contribution in [0.25, 0.3) is 0 Å². The second-order valence-electron chi connectivity index (χ2n) is 8.65. The van der Waals surface area contributed by atoms with Crippen molar-refractivity contribution in [3.63, 3.8) is 0 Å². The first-order valence-corrected chi connectivity index (χ1v) is 11.4. The zero-order valence-corrected chi connectivity index (χ0v) is 18.4. The minimum Gasteiger partial charge on any atom is -0.354 e. The van der Waals surface area contributed by atoms with E-state index in [0.717, 1.165) is 36.3 Å². The Morgan fingerprint density at radius 3 is 2.70 bits per heavy atom. The number of aromatic nitrogens is 2. The molecule has 0 unspecified atom stereocenters. The summed E-state index contributed by atoms with van der Waals surface area (Å²) in [4.78, 5) is 38.6. The summed E-state index contributed by atoms with van der Waals surface area (Å²) < 4.78 is 0. The summed E-state index contributed by atoms with van der Waals surface area (Å²) in [5.41, 5.74) is 3.45. The molecule has 3 aromatic rings. The van der Waals surface area contributed by atoms with Crippen LogP contribution in [0.4, 0.5) is 5.69 Å². The van der Waals surface area contributed by atoms with Gasteiger partial charge in [0.05, 0.1) is 12.0 Å². The van der Waals surface area contributed by atoms with E-state index in [4.69, 9.17) is 0 Å². The quantitative estimate of drug-likeness (QED) is 0.659. The molecule has 0 bridgehead atoms. The van der Waals surface area contributed by atoms with Gasteiger partial charge in [0, 0.05) is 61.7 Å². The number of nitrogens with one attached hydrogen (secondary N) is 1. The number of nitrogens with zero attached hydrogens (tertiary/aromatic N) is 4. The number of hydrogen-bond acceptors (Lipinski definition) is 5. The standard InChI is InChI=1S/C26H27N5O2/c32-25(14-21-8-3-4-13-28-21)29-16-22-10-11-23-18-31(26(33)19-7-5-12-27-15-19)24-9-2-1-6-20(24)17-30(22)23/h1-9,12-13,15,22-23H,10-11,14,16-18H2,(H,29,32)/t22-,23-/m1/s1. The molecule has 7 heteroatoms. The van der Waals surface area contributed by atoms with Crippen LogP contribution in [0.15, 0.2) is 73.2 Å². The highest BCUT2D eigenvalue weighted by Gasteiger charge is 2.39. The van der Waals surface area contributed by atoms with Crippen molar-refractivity contribution in [2.45, 2.75) is 37.9 Å². The van der Waals surface area contributed by atoms with Crippen LogP contribution in [0.1, 0.15) is 34.5 Å². The van der Waals surface area contributed by atoms with E-state index in [0.29, 0.717) is 18.7 Å². The van der Waals surface area contributed by atoms with Gasteiger partial charge in [-0.25, -0.2) is 0 Å². The van der Waals surface area contributed by atoms with Crippen LogP contribution in [-0.2, 0) is 17.8 Å². The fourth-order valence-corrected chi connectivity index (χ4v) is 4.90. The third-order valence-corrected chi connectivity index (χ3v) is 6.56. The molecule has 1 aromatic carbocycles. The number of fused-ring (bicyclic) bond motifs is 2. The highest BCUT2D eigenvalue weighted by molar-refractivity contribution is 6.06. The van der Waals surface area contributed by atoms with Crippen molar-refractivity contribution in [1.82, 2.24) is 20.2 Å². The smallest absolute Gasteiger partial charge is 0.259 e. The molecule has 0 spiro atoms. The summed E-state index contributed by atoms with van der Waals surface area (Å²) in [5.74, 6) is -0.0368. The molecular formula is C26H27N5O2. The maximum atomic E-state index is 13.4. The molecule has 0 radical (unpaired) electrons. The topological polar surface area (TPSA) is 78.4 Å². The van der Waals surface area contributed by atoms with Crippen molar-refractivity contribution < 1.29 is 9.59 Å². The Balaban J connectivity index is 1.31. The molecule has 0 saturated carbocycles. The summed E-state index contributed by atoms with van der Waals surface area (Å²) >= 11 is 0. The Kier molecular flexibility index (Phi) is 6.13. The van der Waals surface area contributed by atoms with Crippen molar-refractivity contribution in [3.8, 4) is 0 Å². The Morgan fingerprint density at radius 1 is 1.00 bits per heavy atom. The van der Waals surface area contributed by atoms with Gasteiger partial charge in [-0.2, -0.15) is 0 Å². The molecule has 2 aliphatic rings. The van der Waals surface area contributed by atoms with Crippen LogP contribution in [0.5, 0.6) is 0 Å². The lowest BCUT2D eigenvalue weighted by Crippen LogP contribution is -2.46. The summed E-state index contributed by atoms with van der Waals surface area (Å²) in [6.07, 6.45) is 7.28. The largest absolute Gasteiger partial charge is 0.354 e. The Hall–Kier alpha value is -3.58. The van der Waals surface area contributed by atoms with Crippen molar-refractivity contribution in [2.24, 2.45) is 0 Å². The van der Waals surface area contributed by atoms with Crippen molar-refractivity contribution in [1.29, 1.82) is 0 Å². The molecule has 5 rings (SSSR count). The van der Waals surface area contributed by atoms with Crippen molar-refractivity contribution in [2.75, 3.05) is 18.0 Å². The Bertz CT molecular complexity index is 1120. The molecule has 1 saturated heterocycles. The summed E-state index contributed by atoms with van der Waals surface area (Å²) in [6.45, 7) is 1.99. The molecule has 2 aromatic heterocycles. The molecule has 2 aliphatic heterocycles. The SMILES string of the molecule is O=C(Cc1ccccn1)NC[C@H]1CC[C@@H]2CN(C(=O)c3cccnc3)c3ccccc3CN12. The fourth-order valence-electron chi connectivity index (χ4n) is 4.90. The second kappa shape index (κ2) is 9.50. The van der Waals surface area contributed by atoms with E-state index >= 15 is 0 Å². The Morgan fingerprint density at radius 2 is 1.88 bits per heavy atom. The molecule has 2 atom stereocenters. The number of anilines is 1. The third kappa shape index (κ3) is 4.64. The predicted molar refractivity (Wildman–Crippen MR) is 126 cm³/mol. The molecule has 4 heterocycles. The molecule has 168 valence electrons. The number of pyridine rings is 2. The van der Waals surface area contributed by atoms with E-state index in [9.17, 15) is 9.59 Å². The number of rotatable bonds is 5. The summed E-state index contributed by atoms with van der Waals surface area (Å²) in [5, 5.41) is 3.10. The van der Waals surface area contributed by atoms with Crippen molar-refractivity contribution >= 4 is 17.5 Å². The zero-order valence-electron chi connectivity index (χ0n) is 18.4. The average Bonchev–Trinajstić information content (AvgIpc) is 3.15. The van der Waals surface area contributed by atoms with Gasteiger partial charge in [-0.15, -0.1) is 0 Å². The van der Waals surface area contributed by atoms with Crippen LogP contribution >= 0.6 is 0 Å². The van der Waals surface area contributed by atoms with Gasteiger partial charge in [-0.05, 0) is 48.7 Å². The van der Waals surface area contributed by atoms with Crippen LogP contribution in [0.2, 0.25) is 0 Å². The number of carbonyl (C=O) groups excluding carboxylic acids is 2. The number of hydrogen-bond donors (Lipinski definition) is 1. The Labute approximate surface area is 193 Å². The molecule has 1 fully saturated rings. The lowest BCUT2D eigenvalue weighted by Gasteiger charge is -2.29. The van der Waals surface area contributed by atoms with Gasteiger partial charge < -0.3 is 10.2 Å². The number of amides is 2. The lowest BCUT2D eigenvalue weighted by molar-refractivity contribution is -0.120. The maximum Gasteiger partial charge on any atom is 0.259 e.